The van der Waals surface area contributed by atoms with Crippen molar-refractivity contribution in [2.45, 2.75) is 51.4 Å². The number of hydrogen-bond donors (Lipinski definition) is 1. The zero-order valence-electron chi connectivity index (χ0n) is 14.3. The summed E-state index contributed by atoms with van der Waals surface area (Å²) in [6.07, 6.45) is -4.85. The van der Waals surface area contributed by atoms with Gasteiger partial charge in [-0.1, -0.05) is 26.8 Å². The zero-order valence-corrected chi connectivity index (χ0v) is 14.3. The summed E-state index contributed by atoms with van der Waals surface area (Å²) in [5.41, 5.74) is -2.23. The number of piperidine rings is 1. The maximum Gasteiger partial charge on any atom is 0.433 e. The van der Waals surface area contributed by atoms with E-state index in [0.717, 1.165) is 6.07 Å². The summed E-state index contributed by atoms with van der Waals surface area (Å²) in [5.74, 6) is 0.0208. The van der Waals surface area contributed by atoms with Crippen molar-refractivity contribution in [3.63, 3.8) is 0 Å². The minimum absolute atomic E-state index is 0.124. The van der Waals surface area contributed by atoms with Crippen LogP contribution in [-0.2, 0) is 6.18 Å². The number of aromatic nitrogens is 1. The third kappa shape index (κ3) is 2.81. The molecule has 1 aliphatic heterocycles. The number of amides is 1. The Bertz CT molecular complexity index is 686. The van der Waals surface area contributed by atoms with Crippen molar-refractivity contribution in [1.82, 2.24) is 9.88 Å². The van der Waals surface area contributed by atoms with Gasteiger partial charge < -0.3 is 9.84 Å². The number of carbonyl (C=O) groups is 1. The van der Waals surface area contributed by atoms with Gasteiger partial charge in [-0.15, -0.1) is 0 Å². The van der Waals surface area contributed by atoms with Gasteiger partial charge in [-0.25, -0.2) is 9.78 Å². The van der Waals surface area contributed by atoms with E-state index in [2.05, 4.69) is 4.98 Å². The monoisotopic (exact) mass is 358 g/mol. The van der Waals surface area contributed by atoms with Crippen LogP contribution in [0.4, 0.5) is 18.0 Å². The number of carboxylic acid groups (broad SMARTS) is 1. The minimum atomic E-state index is -4.55. The molecule has 1 saturated carbocycles. The van der Waals surface area contributed by atoms with E-state index in [9.17, 15) is 23.1 Å². The minimum Gasteiger partial charge on any atom is -0.472 e. The predicted octanol–water partition coefficient (Wildman–Crippen LogP) is 4.04. The molecule has 2 bridgehead atoms. The summed E-state index contributed by atoms with van der Waals surface area (Å²) in [7, 11) is 0. The smallest absolute Gasteiger partial charge is 0.433 e. The highest BCUT2D eigenvalue weighted by Crippen LogP contribution is 2.56. The first-order valence-corrected chi connectivity index (χ1v) is 8.16. The van der Waals surface area contributed by atoms with Crippen LogP contribution in [-0.4, -0.2) is 39.3 Å². The second-order valence-corrected chi connectivity index (χ2v) is 7.84. The fourth-order valence-corrected chi connectivity index (χ4v) is 4.37. The van der Waals surface area contributed by atoms with E-state index in [1.165, 1.54) is 17.0 Å². The van der Waals surface area contributed by atoms with Gasteiger partial charge in [-0.05, 0) is 30.2 Å². The lowest BCUT2D eigenvalue weighted by atomic mass is 9.70. The van der Waals surface area contributed by atoms with E-state index in [-0.39, 0.29) is 11.8 Å². The third-order valence-electron chi connectivity index (χ3n) is 5.41. The number of likely N-dealkylation sites (tertiary alicyclic amines) is 1. The second kappa shape index (κ2) is 5.51. The first kappa shape index (κ1) is 17.8. The number of halogens is 3. The summed E-state index contributed by atoms with van der Waals surface area (Å²) < 4.78 is 44.4. The van der Waals surface area contributed by atoms with E-state index in [1.54, 1.807) is 0 Å². The van der Waals surface area contributed by atoms with Crippen LogP contribution in [0, 0.1) is 11.3 Å². The lowest BCUT2D eigenvalue weighted by molar-refractivity contribution is -0.141. The Hall–Kier alpha value is -1.99. The fraction of sp³-hybridized carbons (Fsp3) is 0.647. The quantitative estimate of drug-likeness (QED) is 0.867. The zero-order chi connectivity index (χ0) is 18.6. The van der Waals surface area contributed by atoms with E-state index in [1.807, 2.05) is 20.8 Å². The molecule has 2 fully saturated rings. The molecule has 2 aliphatic rings. The molecule has 8 heteroatoms. The fourth-order valence-electron chi connectivity index (χ4n) is 4.37. The standard InChI is InChI=1S/C17H21F3N2O3/c1-15(2,3)16-8-10(9-22(16)14(23)24)7-12(16)25-13-6-4-5-11(21-13)17(18,19)20/h4-6,10,12H,7-9H2,1-3H3,(H,23,24)/t10-,12+,16+/m0/s1. The largest absolute Gasteiger partial charge is 0.472 e. The van der Waals surface area contributed by atoms with Gasteiger partial charge in [0, 0.05) is 12.6 Å². The van der Waals surface area contributed by atoms with Gasteiger partial charge >= 0.3 is 12.3 Å². The van der Waals surface area contributed by atoms with Crippen LogP contribution in [0.15, 0.2) is 18.2 Å². The van der Waals surface area contributed by atoms with Crippen LogP contribution in [0.1, 0.15) is 39.3 Å². The molecule has 1 saturated heterocycles. The Morgan fingerprint density at radius 2 is 2.04 bits per heavy atom. The Balaban J connectivity index is 1.94. The number of rotatable bonds is 2. The van der Waals surface area contributed by atoms with E-state index < -0.39 is 35.0 Å². The maximum atomic E-state index is 12.9. The van der Waals surface area contributed by atoms with Crippen molar-refractivity contribution in [3.05, 3.63) is 23.9 Å². The van der Waals surface area contributed by atoms with Crippen LogP contribution in [0.3, 0.4) is 0 Å². The van der Waals surface area contributed by atoms with Crippen LogP contribution in [0.5, 0.6) is 5.88 Å². The number of fused-ring (bicyclic) bond motifs is 2. The van der Waals surface area contributed by atoms with Crippen molar-refractivity contribution in [1.29, 1.82) is 0 Å². The summed E-state index contributed by atoms with van der Waals surface area (Å²) in [5, 5.41) is 9.60. The summed E-state index contributed by atoms with van der Waals surface area (Å²) >= 11 is 0. The van der Waals surface area contributed by atoms with Crippen LogP contribution in [0.2, 0.25) is 0 Å². The molecule has 1 aromatic heterocycles. The second-order valence-electron chi connectivity index (χ2n) is 7.84. The summed E-state index contributed by atoms with van der Waals surface area (Å²) in [6, 6.07) is 3.51. The van der Waals surface area contributed by atoms with Crippen molar-refractivity contribution >= 4 is 6.09 Å². The van der Waals surface area contributed by atoms with Crippen LogP contribution < -0.4 is 4.74 Å². The van der Waals surface area contributed by atoms with Gasteiger partial charge in [0.15, 0.2) is 0 Å². The molecule has 0 aromatic carbocycles. The van der Waals surface area contributed by atoms with Gasteiger partial charge in [0.25, 0.3) is 0 Å². The Morgan fingerprint density at radius 3 is 2.60 bits per heavy atom. The molecule has 3 atom stereocenters. The van der Waals surface area contributed by atoms with E-state index in [4.69, 9.17) is 4.74 Å². The lowest BCUT2D eigenvalue weighted by Crippen LogP contribution is -2.63. The normalized spacial score (nSPS) is 29.1. The molecule has 0 unspecified atom stereocenters. The van der Waals surface area contributed by atoms with E-state index in [0.29, 0.717) is 19.4 Å². The van der Waals surface area contributed by atoms with Crippen LogP contribution >= 0.6 is 0 Å². The molecule has 0 spiro atoms. The van der Waals surface area contributed by atoms with E-state index >= 15 is 0 Å². The lowest BCUT2D eigenvalue weighted by Gasteiger charge is -2.50. The number of nitrogens with zero attached hydrogens (tertiary/aromatic N) is 2. The molecule has 138 valence electrons. The third-order valence-corrected chi connectivity index (χ3v) is 5.41. The molecule has 5 nitrogen and oxygen atoms in total. The first-order chi connectivity index (χ1) is 11.4. The van der Waals surface area contributed by atoms with Crippen molar-refractivity contribution in [2.75, 3.05) is 6.54 Å². The molecule has 25 heavy (non-hydrogen) atoms. The summed E-state index contributed by atoms with van der Waals surface area (Å²) in [6.45, 7) is 6.24. The molecule has 1 aromatic rings. The summed E-state index contributed by atoms with van der Waals surface area (Å²) in [4.78, 5) is 16.7. The maximum absolute atomic E-state index is 12.9. The predicted molar refractivity (Wildman–Crippen MR) is 83.3 cm³/mol. The average molecular weight is 358 g/mol. The first-order valence-electron chi connectivity index (χ1n) is 8.16. The Kier molecular flexibility index (Phi) is 3.92. The van der Waals surface area contributed by atoms with Crippen molar-refractivity contribution in [2.24, 2.45) is 11.3 Å². The number of alkyl halides is 3. The van der Waals surface area contributed by atoms with Crippen LogP contribution in [0.25, 0.3) is 0 Å². The highest BCUT2D eigenvalue weighted by atomic mass is 19.4. The van der Waals surface area contributed by atoms with Crippen molar-refractivity contribution < 1.29 is 27.8 Å². The molecule has 1 aliphatic carbocycles. The topological polar surface area (TPSA) is 62.7 Å². The molecule has 2 heterocycles. The van der Waals surface area contributed by atoms with Gasteiger partial charge in [0.05, 0.1) is 5.54 Å². The highest BCUT2D eigenvalue weighted by molar-refractivity contribution is 5.67. The average Bonchev–Trinajstić information content (AvgIpc) is 3.03. The number of hydrogen-bond acceptors (Lipinski definition) is 3. The number of ether oxygens (including phenoxy) is 1. The highest BCUT2D eigenvalue weighted by Gasteiger charge is 2.65. The Labute approximate surface area is 143 Å². The Morgan fingerprint density at radius 1 is 1.36 bits per heavy atom. The van der Waals surface area contributed by atoms with Gasteiger partial charge in [0.2, 0.25) is 5.88 Å². The van der Waals surface area contributed by atoms with Gasteiger partial charge in [0.1, 0.15) is 11.8 Å². The number of pyridine rings is 1. The molecule has 3 rings (SSSR count). The van der Waals surface area contributed by atoms with Crippen molar-refractivity contribution in [3.8, 4) is 5.88 Å². The molecule has 0 radical (unpaired) electrons. The molecular formula is C17H21F3N2O3. The molecular weight excluding hydrogens is 337 g/mol. The molecule has 1 N–H and O–H groups in total. The van der Waals surface area contributed by atoms with Gasteiger partial charge in [-0.2, -0.15) is 13.2 Å². The molecule has 1 amide bonds. The van der Waals surface area contributed by atoms with Gasteiger partial charge in [-0.3, -0.25) is 4.90 Å². The SMILES string of the molecule is CC(C)(C)[C@@]12C[C@H](C[C@H]1Oc1cccc(C(F)(F)F)n1)CN2C(=O)O.